The number of carboxylic acids is 1. The van der Waals surface area contributed by atoms with Gasteiger partial charge >= 0.3 is 5.97 Å². The van der Waals surface area contributed by atoms with Crippen LogP contribution in [0.2, 0.25) is 0 Å². The van der Waals surface area contributed by atoms with Gasteiger partial charge in [0.15, 0.2) is 0 Å². The van der Waals surface area contributed by atoms with E-state index in [2.05, 4.69) is 0 Å². The Morgan fingerprint density at radius 3 is 2.50 bits per heavy atom. The number of hydrogen-bond donors (Lipinski definition) is 1. The molecule has 2 fully saturated rings. The normalized spacial score (nSPS) is 29.5. The van der Waals surface area contributed by atoms with E-state index < -0.39 is 5.97 Å². The Hall–Kier alpha value is -1.10. The van der Waals surface area contributed by atoms with E-state index in [-0.39, 0.29) is 17.9 Å². The number of rotatable bonds is 3. The third-order valence-corrected chi connectivity index (χ3v) is 4.15. The predicted octanol–water partition coefficient (Wildman–Crippen LogP) is 1.12. The second kappa shape index (κ2) is 5.69. The first-order chi connectivity index (χ1) is 8.58. The van der Waals surface area contributed by atoms with Crippen molar-refractivity contribution in [3.63, 3.8) is 0 Å². The van der Waals surface area contributed by atoms with Crippen LogP contribution in [0.5, 0.6) is 0 Å². The summed E-state index contributed by atoms with van der Waals surface area (Å²) in [6.07, 6.45) is 3.25. The van der Waals surface area contributed by atoms with E-state index in [1.54, 1.807) is 6.92 Å². The van der Waals surface area contributed by atoms with Crippen LogP contribution in [0.3, 0.4) is 0 Å². The van der Waals surface area contributed by atoms with Crippen LogP contribution in [0.1, 0.15) is 32.6 Å². The Balaban J connectivity index is 1.81. The summed E-state index contributed by atoms with van der Waals surface area (Å²) in [7, 11) is 0. The lowest BCUT2D eigenvalue weighted by molar-refractivity contribution is -0.143. The van der Waals surface area contributed by atoms with Crippen molar-refractivity contribution in [1.82, 2.24) is 4.90 Å². The molecule has 5 nitrogen and oxygen atoms in total. The molecular weight excluding hydrogens is 234 g/mol. The maximum atomic E-state index is 11.2. The number of carbonyl (C=O) groups is 2. The number of aliphatic carboxylic acids is 1. The number of amides is 1. The van der Waals surface area contributed by atoms with Gasteiger partial charge in [-0.1, -0.05) is 0 Å². The maximum Gasteiger partial charge on any atom is 0.309 e. The molecule has 0 bridgehead atoms. The monoisotopic (exact) mass is 255 g/mol. The zero-order valence-corrected chi connectivity index (χ0v) is 10.8. The lowest BCUT2D eigenvalue weighted by Gasteiger charge is -2.32. The Bertz CT molecular complexity index is 323. The fourth-order valence-corrected chi connectivity index (χ4v) is 2.98. The van der Waals surface area contributed by atoms with Crippen LogP contribution in [0.15, 0.2) is 0 Å². The Labute approximate surface area is 107 Å². The molecule has 18 heavy (non-hydrogen) atoms. The molecule has 102 valence electrons. The highest BCUT2D eigenvalue weighted by Gasteiger charge is 2.36. The smallest absolute Gasteiger partial charge is 0.309 e. The van der Waals surface area contributed by atoms with Crippen molar-refractivity contribution >= 4 is 11.9 Å². The van der Waals surface area contributed by atoms with E-state index in [4.69, 9.17) is 9.84 Å². The molecule has 0 aliphatic carbocycles. The van der Waals surface area contributed by atoms with Gasteiger partial charge in [-0.05, 0) is 31.6 Å². The lowest BCUT2D eigenvalue weighted by atomic mass is 9.87. The predicted molar refractivity (Wildman–Crippen MR) is 65.1 cm³/mol. The summed E-state index contributed by atoms with van der Waals surface area (Å²) in [4.78, 5) is 24.1. The van der Waals surface area contributed by atoms with Gasteiger partial charge in [-0.25, -0.2) is 0 Å². The summed E-state index contributed by atoms with van der Waals surface area (Å²) < 4.78 is 5.54. The summed E-state index contributed by atoms with van der Waals surface area (Å²) in [5, 5.41) is 9.10. The minimum absolute atomic E-state index is 0.128. The van der Waals surface area contributed by atoms with Gasteiger partial charge < -0.3 is 14.7 Å². The van der Waals surface area contributed by atoms with Gasteiger partial charge in [0.1, 0.15) is 0 Å². The fourth-order valence-electron chi connectivity index (χ4n) is 2.98. The van der Waals surface area contributed by atoms with Gasteiger partial charge in [0.2, 0.25) is 5.91 Å². The molecule has 0 aromatic heterocycles. The molecule has 0 aromatic rings. The number of carboxylic acid groups (broad SMARTS) is 1. The van der Waals surface area contributed by atoms with Crippen LogP contribution in [0, 0.1) is 11.8 Å². The SMILES string of the molecule is CC(=O)N1CCC(C[C@H]2OCC[C@H]2C(=O)O)CC1. The highest BCUT2D eigenvalue weighted by molar-refractivity contribution is 5.73. The largest absolute Gasteiger partial charge is 0.481 e. The second-order valence-corrected chi connectivity index (χ2v) is 5.33. The van der Waals surface area contributed by atoms with Crippen LogP contribution in [-0.2, 0) is 14.3 Å². The standard InChI is InChI=1S/C13H21NO4/c1-9(15)14-5-2-10(3-6-14)8-12-11(13(16)17)4-7-18-12/h10-12H,2-8H2,1H3,(H,16,17)/t11-,12-/m1/s1. The third-order valence-electron chi connectivity index (χ3n) is 4.15. The molecule has 1 amide bonds. The van der Waals surface area contributed by atoms with Gasteiger partial charge in [-0.15, -0.1) is 0 Å². The van der Waals surface area contributed by atoms with E-state index >= 15 is 0 Å². The minimum atomic E-state index is -0.737. The molecular formula is C13H21NO4. The minimum Gasteiger partial charge on any atom is -0.481 e. The zero-order valence-electron chi connectivity index (χ0n) is 10.8. The molecule has 0 aromatic carbocycles. The van der Waals surface area contributed by atoms with E-state index in [0.29, 0.717) is 18.9 Å². The van der Waals surface area contributed by atoms with Crippen LogP contribution in [0.25, 0.3) is 0 Å². The highest BCUT2D eigenvalue weighted by Crippen LogP contribution is 2.30. The van der Waals surface area contributed by atoms with Crippen LogP contribution < -0.4 is 0 Å². The number of likely N-dealkylation sites (tertiary alicyclic amines) is 1. The molecule has 5 heteroatoms. The topological polar surface area (TPSA) is 66.8 Å². The Morgan fingerprint density at radius 1 is 1.28 bits per heavy atom. The molecule has 0 spiro atoms. The first-order valence-corrected chi connectivity index (χ1v) is 6.68. The summed E-state index contributed by atoms with van der Waals surface area (Å²) in [6, 6.07) is 0. The van der Waals surface area contributed by atoms with E-state index in [0.717, 1.165) is 32.4 Å². The Morgan fingerprint density at radius 2 is 1.94 bits per heavy atom. The molecule has 2 aliphatic rings. The van der Waals surface area contributed by atoms with Crippen molar-refractivity contribution in [3.05, 3.63) is 0 Å². The average Bonchev–Trinajstić information content (AvgIpc) is 2.78. The number of carbonyl (C=O) groups excluding carboxylic acids is 1. The lowest BCUT2D eigenvalue weighted by Crippen LogP contribution is -2.38. The van der Waals surface area contributed by atoms with Crippen molar-refractivity contribution in [2.75, 3.05) is 19.7 Å². The number of ether oxygens (including phenoxy) is 1. The quantitative estimate of drug-likeness (QED) is 0.820. The first kappa shape index (κ1) is 13.3. The van der Waals surface area contributed by atoms with Crippen molar-refractivity contribution < 1.29 is 19.4 Å². The molecule has 2 saturated heterocycles. The summed E-state index contributed by atoms with van der Waals surface area (Å²) in [5.41, 5.74) is 0. The van der Waals surface area contributed by atoms with Crippen LogP contribution in [-0.4, -0.2) is 47.7 Å². The van der Waals surface area contributed by atoms with Crippen molar-refractivity contribution in [1.29, 1.82) is 0 Å². The second-order valence-electron chi connectivity index (χ2n) is 5.33. The summed E-state index contributed by atoms with van der Waals surface area (Å²) in [5.74, 6) is -0.450. The van der Waals surface area contributed by atoms with E-state index in [1.807, 2.05) is 4.90 Å². The van der Waals surface area contributed by atoms with Gasteiger partial charge in [0.05, 0.1) is 12.0 Å². The molecule has 0 saturated carbocycles. The molecule has 2 rings (SSSR count). The maximum absolute atomic E-state index is 11.2. The summed E-state index contributed by atoms with van der Waals surface area (Å²) >= 11 is 0. The third kappa shape index (κ3) is 3.02. The molecule has 2 atom stereocenters. The number of hydrogen-bond acceptors (Lipinski definition) is 3. The number of nitrogens with zero attached hydrogens (tertiary/aromatic N) is 1. The van der Waals surface area contributed by atoms with Gasteiger partial charge in [0.25, 0.3) is 0 Å². The first-order valence-electron chi connectivity index (χ1n) is 6.68. The highest BCUT2D eigenvalue weighted by atomic mass is 16.5. The molecule has 1 N–H and O–H groups in total. The zero-order chi connectivity index (χ0) is 13.1. The van der Waals surface area contributed by atoms with Crippen molar-refractivity contribution in [2.45, 2.75) is 38.7 Å². The molecule has 2 heterocycles. The van der Waals surface area contributed by atoms with Crippen molar-refractivity contribution in [2.24, 2.45) is 11.8 Å². The molecule has 0 unspecified atom stereocenters. The van der Waals surface area contributed by atoms with Gasteiger partial charge in [-0.2, -0.15) is 0 Å². The Kier molecular flexibility index (Phi) is 4.22. The van der Waals surface area contributed by atoms with Crippen LogP contribution in [0.4, 0.5) is 0 Å². The van der Waals surface area contributed by atoms with E-state index in [9.17, 15) is 9.59 Å². The van der Waals surface area contributed by atoms with Crippen molar-refractivity contribution in [3.8, 4) is 0 Å². The number of piperidine rings is 1. The molecule has 2 aliphatic heterocycles. The van der Waals surface area contributed by atoms with Crippen LogP contribution >= 0.6 is 0 Å². The summed E-state index contributed by atoms with van der Waals surface area (Å²) in [6.45, 7) is 3.75. The fraction of sp³-hybridized carbons (Fsp3) is 0.846. The van der Waals surface area contributed by atoms with E-state index in [1.165, 1.54) is 0 Å². The molecule has 0 radical (unpaired) electrons. The average molecular weight is 255 g/mol. The van der Waals surface area contributed by atoms with Gasteiger partial charge in [-0.3, -0.25) is 9.59 Å². The van der Waals surface area contributed by atoms with Gasteiger partial charge in [0, 0.05) is 26.6 Å².